The molecule has 4 heteroatoms. The quantitative estimate of drug-likeness (QED) is 0.591. The van der Waals surface area contributed by atoms with Crippen LogP contribution in [0.3, 0.4) is 0 Å². The van der Waals surface area contributed by atoms with Crippen molar-refractivity contribution in [1.82, 2.24) is 0 Å². The highest BCUT2D eigenvalue weighted by Gasteiger charge is 2.17. The molecule has 0 aromatic rings. The second kappa shape index (κ2) is 8.54. The molecule has 0 aromatic heterocycles. The van der Waals surface area contributed by atoms with Gasteiger partial charge in [-0.25, -0.2) is 0 Å². The van der Waals surface area contributed by atoms with Gasteiger partial charge >= 0.3 is 0 Å². The zero-order valence-electron chi connectivity index (χ0n) is 9.21. The maximum atomic E-state index is 9.18. The van der Waals surface area contributed by atoms with Gasteiger partial charge in [-0.1, -0.05) is 11.6 Å². The maximum Gasteiger partial charge on any atom is 0.0983 e. The van der Waals surface area contributed by atoms with Crippen molar-refractivity contribution in [2.45, 2.75) is 26.4 Å². The molecule has 0 rings (SSSR count). The summed E-state index contributed by atoms with van der Waals surface area (Å²) < 4.78 is 0.939. The summed E-state index contributed by atoms with van der Waals surface area (Å²) in [6.45, 7) is 6.98. The van der Waals surface area contributed by atoms with Gasteiger partial charge in [-0.2, -0.15) is 0 Å². The molecule has 0 amide bonds. The molecule has 0 aliphatic rings. The minimum absolute atomic E-state index is 0. The van der Waals surface area contributed by atoms with E-state index in [9.17, 15) is 5.11 Å². The molecule has 14 heavy (non-hydrogen) atoms. The van der Waals surface area contributed by atoms with Gasteiger partial charge in [0.25, 0.3) is 0 Å². The van der Waals surface area contributed by atoms with E-state index in [0.29, 0.717) is 0 Å². The molecule has 0 saturated heterocycles. The van der Waals surface area contributed by atoms with Crippen molar-refractivity contribution >= 4 is 11.6 Å². The Morgan fingerprint density at radius 2 is 2.07 bits per heavy atom. The SMILES string of the molecule is CC[N+](C)(CC=CCl)CCC(C)O.[Cl-]. The molecular formula is C10H21Cl2NO. The van der Waals surface area contributed by atoms with Crippen molar-refractivity contribution in [3.8, 4) is 0 Å². The number of nitrogens with zero attached hydrogens (tertiary/aromatic N) is 1. The number of hydrogen-bond acceptors (Lipinski definition) is 1. The van der Waals surface area contributed by atoms with Crippen LogP contribution in [0.2, 0.25) is 0 Å². The minimum Gasteiger partial charge on any atom is -1.00 e. The van der Waals surface area contributed by atoms with Gasteiger partial charge in [-0.3, -0.25) is 0 Å². The monoisotopic (exact) mass is 241 g/mol. The first-order chi connectivity index (χ1) is 6.04. The Balaban J connectivity index is 0. The average Bonchev–Trinajstić information content (AvgIpc) is 2.11. The van der Waals surface area contributed by atoms with Gasteiger partial charge in [0.05, 0.1) is 32.8 Å². The van der Waals surface area contributed by atoms with E-state index in [1.165, 1.54) is 0 Å². The first-order valence-electron chi connectivity index (χ1n) is 4.81. The lowest BCUT2D eigenvalue weighted by Gasteiger charge is -2.32. The first-order valence-corrected chi connectivity index (χ1v) is 5.24. The average molecular weight is 242 g/mol. The molecule has 0 aliphatic heterocycles. The van der Waals surface area contributed by atoms with Crippen LogP contribution in [-0.4, -0.2) is 42.4 Å². The number of rotatable bonds is 6. The van der Waals surface area contributed by atoms with Crippen molar-refractivity contribution in [2.24, 2.45) is 0 Å². The zero-order chi connectivity index (χ0) is 10.3. The summed E-state index contributed by atoms with van der Waals surface area (Å²) in [6, 6.07) is 0. The van der Waals surface area contributed by atoms with E-state index >= 15 is 0 Å². The van der Waals surface area contributed by atoms with Crippen LogP contribution in [0, 0.1) is 0 Å². The highest BCUT2D eigenvalue weighted by atomic mass is 35.5. The third-order valence-electron chi connectivity index (χ3n) is 2.49. The molecule has 2 nitrogen and oxygen atoms in total. The molecule has 0 bridgehead atoms. The second-order valence-electron chi connectivity index (χ2n) is 3.84. The van der Waals surface area contributed by atoms with E-state index in [4.69, 9.17) is 11.6 Å². The molecule has 2 atom stereocenters. The predicted molar refractivity (Wildman–Crippen MR) is 57.8 cm³/mol. The largest absolute Gasteiger partial charge is 1.00 e. The van der Waals surface area contributed by atoms with Gasteiger partial charge in [0, 0.05) is 12.0 Å². The fourth-order valence-corrected chi connectivity index (χ4v) is 1.25. The summed E-state index contributed by atoms with van der Waals surface area (Å²) in [5.41, 5.74) is 1.56. The van der Waals surface area contributed by atoms with Gasteiger partial charge < -0.3 is 22.0 Å². The van der Waals surface area contributed by atoms with Crippen LogP contribution in [0.5, 0.6) is 0 Å². The van der Waals surface area contributed by atoms with Crippen LogP contribution >= 0.6 is 11.6 Å². The lowest BCUT2D eigenvalue weighted by Crippen LogP contribution is -3.00. The van der Waals surface area contributed by atoms with Crippen LogP contribution in [0.1, 0.15) is 20.3 Å². The van der Waals surface area contributed by atoms with E-state index < -0.39 is 0 Å². The van der Waals surface area contributed by atoms with Crippen molar-refractivity contribution in [3.63, 3.8) is 0 Å². The highest BCUT2D eigenvalue weighted by Crippen LogP contribution is 2.06. The van der Waals surface area contributed by atoms with Crippen LogP contribution in [-0.2, 0) is 0 Å². The fraction of sp³-hybridized carbons (Fsp3) is 0.800. The highest BCUT2D eigenvalue weighted by molar-refractivity contribution is 6.25. The predicted octanol–water partition coefficient (Wildman–Crippen LogP) is -1.02. The topological polar surface area (TPSA) is 20.2 Å². The number of aliphatic hydroxyl groups excluding tert-OH is 1. The summed E-state index contributed by atoms with van der Waals surface area (Å²) in [5.74, 6) is 0. The molecule has 86 valence electrons. The van der Waals surface area contributed by atoms with Crippen LogP contribution in [0.25, 0.3) is 0 Å². The van der Waals surface area contributed by atoms with Crippen molar-refractivity contribution in [2.75, 3.05) is 26.7 Å². The smallest absolute Gasteiger partial charge is 0.0983 e. The van der Waals surface area contributed by atoms with E-state index in [0.717, 1.165) is 30.5 Å². The molecule has 0 aliphatic carbocycles. The number of aliphatic hydroxyl groups is 1. The number of hydrogen-bond donors (Lipinski definition) is 1. The normalized spacial score (nSPS) is 17.5. The Kier molecular flexibility index (Phi) is 10.2. The number of quaternary nitrogens is 1. The lowest BCUT2D eigenvalue weighted by atomic mass is 10.2. The van der Waals surface area contributed by atoms with E-state index in [2.05, 4.69) is 14.0 Å². The Bertz CT molecular complexity index is 162. The summed E-state index contributed by atoms with van der Waals surface area (Å²) in [5, 5.41) is 9.18. The van der Waals surface area contributed by atoms with Gasteiger partial charge in [0.15, 0.2) is 0 Å². The molecule has 0 fully saturated rings. The molecule has 0 radical (unpaired) electrons. The van der Waals surface area contributed by atoms with Crippen LogP contribution in [0.4, 0.5) is 0 Å². The molecule has 0 aromatic carbocycles. The number of likely N-dealkylation sites (N-methyl/N-ethyl adjacent to an activating group) is 1. The second-order valence-corrected chi connectivity index (χ2v) is 4.09. The maximum absolute atomic E-state index is 9.18. The van der Waals surface area contributed by atoms with Gasteiger partial charge in [0.2, 0.25) is 0 Å². The van der Waals surface area contributed by atoms with Crippen LogP contribution in [0.15, 0.2) is 11.6 Å². The summed E-state index contributed by atoms with van der Waals surface area (Å²) in [6.07, 6.45) is 2.61. The molecule has 1 N–H and O–H groups in total. The van der Waals surface area contributed by atoms with E-state index in [1.807, 2.05) is 13.0 Å². The van der Waals surface area contributed by atoms with E-state index in [1.54, 1.807) is 5.54 Å². The van der Waals surface area contributed by atoms with Gasteiger partial charge in [-0.15, -0.1) is 0 Å². The molecule has 0 spiro atoms. The molecule has 2 unspecified atom stereocenters. The Morgan fingerprint density at radius 1 is 1.50 bits per heavy atom. The lowest BCUT2D eigenvalue weighted by molar-refractivity contribution is -0.902. The third-order valence-corrected chi connectivity index (χ3v) is 2.66. The fourth-order valence-electron chi connectivity index (χ4n) is 1.17. The summed E-state index contributed by atoms with van der Waals surface area (Å²) in [7, 11) is 2.18. The van der Waals surface area contributed by atoms with Gasteiger partial charge in [0.1, 0.15) is 0 Å². The van der Waals surface area contributed by atoms with Crippen molar-refractivity contribution in [1.29, 1.82) is 0 Å². The third kappa shape index (κ3) is 7.63. The zero-order valence-corrected chi connectivity index (χ0v) is 10.7. The Hall–Kier alpha value is 0.240. The first kappa shape index (κ1) is 16.7. The minimum atomic E-state index is -0.205. The molecule has 0 saturated carbocycles. The standard InChI is InChI=1S/C10H21ClNO.ClH/c1-4-12(3,8-5-7-11)9-6-10(2)13;/h5,7,10,13H,4,6,8-9H2,1-3H3;1H/q+1;/p-1. The van der Waals surface area contributed by atoms with Crippen molar-refractivity contribution in [3.05, 3.63) is 11.6 Å². The number of halogens is 2. The summed E-state index contributed by atoms with van der Waals surface area (Å²) >= 11 is 5.49. The van der Waals surface area contributed by atoms with Gasteiger partial charge in [-0.05, 0) is 19.9 Å². The van der Waals surface area contributed by atoms with Crippen molar-refractivity contribution < 1.29 is 22.0 Å². The molecule has 0 heterocycles. The van der Waals surface area contributed by atoms with Crippen LogP contribution < -0.4 is 12.4 Å². The summed E-state index contributed by atoms with van der Waals surface area (Å²) in [4.78, 5) is 0. The Morgan fingerprint density at radius 3 is 2.43 bits per heavy atom. The molecular weight excluding hydrogens is 221 g/mol. The van der Waals surface area contributed by atoms with E-state index in [-0.39, 0.29) is 18.5 Å². The Labute approximate surface area is 98.6 Å².